The number of ether oxygens (including phenoxy) is 2. The molecule has 1 aromatic carbocycles. The Morgan fingerprint density at radius 3 is 2.35 bits per heavy atom. The summed E-state index contributed by atoms with van der Waals surface area (Å²) in [6.45, 7) is 5.68. The van der Waals surface area contributed by atoms with Crippen molar-refractivity contribution in [1.82, 2.24) is 10.3 Å². The van der Waals surface area contributed by atoms with E-state index in [0.29, 0.717) is 18.2 Å². The predicted molar refractivity (Wildman–Crippen MR) is 104 cm³/mol. The molecular formula is C19H23N3O3S. The van der Waals surface area contributed by atoms with E-state index in [2.05, 4.69) is 22.9 Å². The van der Waals surface area contributed by atoms with Crippen LogP contribution in [-0.4, -0.2) is 28.3 Å². The Morgan fingerprint density at radius 1 is 1.15 bits per heavy atom. The van der Waals surface area contributed by atoms with Gasteiger partial charge in [-0.15, -0.1) is 12.6 Å². The van der Waals surface area contributed by atoms with Gasteiger partial charge in [0, 0.05) is 18.6 Å². The van der Waals surface area contributed by atoms with Crippen molar-refractivity contribution in [2.75, 3.05) is 0 Å². The van der Waals surface area contributed by atoms with Gasteiger partial charge in [0.1, 0.15) is 6.10 Å². The summed E-state index contributed by atoms with van der Waals surface area (Å²) in [5.41, 5.74) is 1.44. The van der Waals surface area contributed by atoms with Crippen LogP contribution in [0.2, 0.25) is 0 Å². The molecule has 0 unspecified atom stereocenters. The first-order chi connectivity index (χ1) is 12.3. The van der Waals surface area contributed by atoms with Gasteiger partial charge in [-0.25, -0.2) is 0 Å². The van der Waals surface area contributed by atoms with Gasteiger partial charge in [-0.2, -0.15) is 4.98 Å². The van der Waals surface area contributed by atoms with Crippen LogP contribution in [0.25, 0.3) is 0 Å². The van der Waals surface area contributed by atoms with Crippen molar-refractivity contribution in [2.24, 2.45) is 0 Å². The number of thiol groups is 1. The Labute approximate surface area is 158 Å². The van der Waals surface area contributed by atoms with Crippen molar-refractivity contribution in [2.45, 2.75) is 39.4 Å². The molecule has 0 aliphatic rings. The molecule has 0 saturated carbocycles. The van der Waals surface area contributed by atoms with Gasteiger partial charge >= 0.3 is 0 Å². The number of carbonyl (C=O) groups excluding carboxylic acids is 1. The lowest BCUT2D eigenvalue weighted by Crippen LogP contribution is -2.26. The van der Waals surface area contributed by atoms with Crippen LogP contribution in [0.3, 0.4) is 0 Å². The van der Waals surface area contributed by atoms with Crippen molar-refractivity contribution in [3.8, 4) is 11.8 Å². The summed E-state index contributed by atoms with van der Waals surface area (Å²) in [5.74, 6) is 0.115. The van der Waals surface area contributed by atoms with E-state index in [1.807, 2.05) is 51.1 Å². The van der Waals surface area contributed by atoms with Crippen LogP contribution in [0.15, 0.2) is 42.5 Å². The average Bonchev–Trinajstić information content (AvgIpc) is 2.54. The molecule has 2 N–H and O–H groups in total. The van der Waals surface area contributed by atoms with E-state index in [0.717, 1.165) is 5.56 Å². The normalized spacial score (nSPS) is 11.7. The molecule has 0 spiro atoms. The highest BCUT2D eigenvalue weighted by atomic mass is 32.1. The van der Waals surface area contributed by atoms with Crippen LogP contribution in [0, 0.1) is 5.41 Å². The van der Waals surface area contributed by atoms with Gasteiger partial charge in [0.15, 0.2) is 5.17 Å². The molecule has 7 heteroatoms. The fourth-order valence-electron chi connectivity index (χ4n) is 2.35. The predicted octanol–water partition coefficient (Wildman–Crippen LogP) is 3.47. The second kappa shape index (κ2) is 9.24. The van der Waals surface area contributed by atoms with Crippen LogP contribution in [0.4, 0.5) is 0 Å². The minimum absolute atomic E-state index is 0.0985. The van der Waals surface area contributed by atoms with Gasteiger partial charge in [0.2, 0.25) is 11.8 Å². The molecule has 1 heterocycles. The van der Waals surface area contributed by atoms with E-state index in [1.54, 1.807) is 0 Å². The van der Waals surface area contributed by atoms with E-state index < -0.39 is 5.91 Å². The van der Waals surface area contributed by atoms with Gasteiger partial charge < -0.3 is 14.8 Å². The minimum atomic E-state index is -0.471. The number of aromatic nitrogens is 1. The number of hydrogen-bond acceptors (Lipinski definition) is 5. The summed E-state index contributed by atoms with van der Waals surface area (Å²) >= 11 is 3.78. The smallest absolute Gasteiger partial charge is 0.257 e. The zero-order valence-corrected chi connectivity index (χ0v) is 15.9. The van der Waals surface area contributed by atoms with Crippen molar-refractivity contribution in [1.29, 1.82) is 5.41 Å². The second-order valence-corrected chi connectivity index (χ2v) is 6.57. The summed E-state index contributed by atoms with van der Waals surface area (Å²) < 4.78 is 11.5. The summed E-state index contributed by atoms with van der Waals surface area (Å²) in [7, 11) is 0. The molecule has 0 aliphatic carbocycles. The number of benzene rings is 1. The van der Waals surface area contributed by atoms with E-state index in [-0.39, 0.29) is 22.9 Å². The van der Waals surface area contributed by atoms with Crippen molar-refractivity contribution >= 4 is 23.7 Å². The lowest BCUT2D eigenvalue weighted by molar-refractivity contribution is 0.0975. The average molecular weight is 373 g/mol. The maximum atomic E-state index is 12.2. The first-order valence-electron chi connectivity index (χ1n) is 8.31. The number of nitrogens with zero attached hydrogens (tertiary/aromatic N) is 1. The molecule has 1 aromatic heterocycles. The molecule has 138 valence electrons. The maximum Gasteiger partial charge on any atom is 0.257 e. The topological polar surface area (TPSA) is 84.3 Å². The number of rotatable bonds is 7. The molecule has 0 bridgehead atoms. The highest BCUT2D eigenvalue weighted by molar-refractivity contribution is 7.96. The molecule has 0 aliphatic heterocycles. The highest BCUT2D eigenvalue weighted by Crippen LogP contribution is 2.21. The summed E-state index contributed by atoms with van der Waals surface area (Å²) in [6.07, 6.45) is 0.470. The zero-order chi connectivity index (χ0) is 19.1. The van der Waals surface area contributed by atoms with E-state index in [4.69, 9.17) is 14.9 Å². The van der Waals surface area contributed by atoms with Gasteiger partial charge in [-0.1, -0.05) is 30.3 Å². The van der Waals surface area contributed by atoms with Gasteiger partial charge in [0.25, 0.3) is 5.91 Å². The third-order valence-corrected chi connectivity index (χ3v) is 3.43. The Hall–Kier alpha value is -2.54. The second-order valence-electron chi connectivity index (χ2n) is 6.12. The van der Waals surface area contributed by atoms with Crippen LogP contribution in [0.5, 0.6) is 11.8 Å². The number of amidine groups is 1. The molecule has 1 atom stereocenters. The third-order valence-electron chi connectivity index (χ3n) is 3.32. The van der Waals surface area contributed by atoms with Crippen LogP contribution >= 0.6 is 12.6 Å². The number of carbonyl (C=O) groups is 1. The molecule has 0 fully saturated rings. The van der Waals surface area contributed by atoms with Crippen LogP contribution in [0.1, 0.15) is 36.7 Å². The fraction of sp³-hybridized carbons (Fsp3) is 0.316. The van der Waals surface area contributed by atoms with Crippen molar-refractivity contribution in [3.63, 3.8) is 0 Å². The van der Waals surface area contributed by atoms with E-state index in [9.17, 15) is 4.79 Å². The Balaban J connectivity index is 2.19. The van der Waals surface area contributed by atoms with Crippen LogP contribution in [-0.2, 0) is 6.42 Å². The minimum Gasteiger partial charge on any atom is -0.475 e. The van der Waals surface area contributed by atoms with Gasteiger partial charge in [-0.3, -0.25) is 10.2 Å². The number of amides is 1. The van der Waals surface area contributed by atoms with Crippen molar-refractivity contribution in [3.05, 3.63) is 53.6 Å². The Kier molecular flexibility index (Phi) is 7.03. The standard InChI is InChI=1S/C19H23N3O3S/c1-12(2)24-16-10-15(18(23)22-19(20)26)11-17(21-16)25-13(3)9-14-7-5-4-6-8-14/h4-8,10-13H,9H2,1-3H3,(H3,20,22,23,26)/t13-/m1/s1. The molecule has 0 radical (unpaired) electrons. The summed E-state index contributed by atoms with van der Waals surface area (Å²) in [6, 6.07) is 13.0. The van der Waals surface area contributed by atoms with Crippen LogP contribution < -0.4 is 14.8 Å². The first kappa shape index (κ1) is 19.8. The Bertz CT molecular complexity index is 766. The molecule has 2 rings (SSSR count). The van der Waals surface area contributed by atoms with Gasteiger partial charge in [0.05, 0.1) is 11.7 Å². The molecule has 26 heavy (non-hydrogen) atoms. The first-order valence-corrected chi connectivity index (χ1v) is 8.76. The maximum absolute atomic E-state index is 12.2. The summed E-state index contributed by atoms with van der Waals surface area (Å²) in [5, 5.41) is 9.38. The monoisotopic (exact) mass is 373 g/mol. The number of pyridine rings is 1. The zero-order valence-electron chi connectivity index (χ0n) is 15.0. The Morgan fingerprint density at radius 2 is 1.77 bits per heavy atom. The van der Waals surface area contributed by atoms with E-state index in [1.165, 1.54) is 12.1 Å². The SMILES string of the molecule is CC(C)Oc1cc(C(=O)NC(=N)S)cc(O[C@H](C)Cc2ccccc2)n1. The fourth-order valence-corrected chi connectivity index (χ4v) is 2.45. The van der Waals surface area contributed by atoms with E-state index >= 15 is 0 Å². The summed E-state index contributed by atoms with van der Waals surface area (Å²) in [4.78, 5) is 16.5. The largest absolute Gasteiger partial charge is 0.475 e. The number of nitrogens with one attached hydrogen (secondary N) is 2. The molecule has 0 saturated heterocycles. The highest BCUT2D eigenvalue weighted by Gasteiger charge is 2.15. The van der Waals surface area contributed by atoms with Gasteiger partial charge in [-0.05, 0) is 26.3 Å². The third kappa shape index (κ3) is 6.40. The van der Waals surface area contributed by atoms with Crippen molar-refractivity contribution < 1.29 is 14.3 Å². The molecular weight excluding hydrogens is 350 g/mol. The lowest BCUT2D eigenvalue weighted by Gasteiger charge is -2.16. The quantitative estimate of drug-likeness (QED) is 0.394. The number of hydrogen-bond donors (Lipinski definition) is 3. The molecule has 2 aromatic rings. The lowest BCUT2D eigenvalue weighted by atomic mass is 10.1. The molecule has 6 nitrogen and oxygen atoms in total. The molecule has 1 amide bonds.